The first-order valence-electron chi connectivity index (χ1n) is 11.9. The average molecular weight is 491 g/mol. The summed E-state index contributed by atoms with van der Waals surface area (Å²) in [5.74, 6) is 0.232. The maximum Gasteiger partial charge on any atom is 0.270 e. The van der Waals surface area contributed by atoms with E-state index in [-0.39, 0.29) is 23.8 Å². The number of likely N-dealkylation sites (tertiary alicyclic amines) is 1. The molecule has 2 N–H and O–H groups in total. The van der Waals surface area contributed by atoms with E-state index in [2.05, 4.69) is 15.6 Å². The van der Waals surface area contributed by atoms with E-state index in [1.165, 1.54) is 0 Å². The Labute approximate surface area is 209 Å². The molecule has 2 heterocycles. The minimum Gasteiger partial charge on any atom is -0.349 e. The molecule has 1 unspecified atom stereocenters. The van der Waals surface area contributed by atoms with Crippen molar-refractivity contribution in [3.8, 4) is 0 Å². The SMILES string of the molecule is CSCCC(NC(=O)c1ccc2ccccc2n1)C(=O)N1CCC(NC(=O)c2ccccc2)CC1. The van der Waals surface area contributed by atoms with Gasteiger partial charge in [0.15, 0.2) is 0 Å². The van der Waals surface area contributed by atoms with Gasteiger partial charge in [0.05, 0.1) is 5.52 Å². The quantitative estimate of drug-likeness (QED) is 0.504. The number of amides is 3. The predicted octanol–water partition coefficient (Wildman–Crippen LogP) is 3.51. The van der Waals surface area contributed by atoms with E-state index in [9.17, 15) is 14.4 Å². The van der Waals surface area contributed by atoms with Gasteiger partial charge >= 0.3 is 0 Å². The second-order valence-electron chi connectivity index (χ2n) is 8.64. The van der Waals surface area contributed by atoms with E-state index in [1.807, 2.05) is 54.8 Å². The van der Waals surface area contributed by atoms with Crippen LogP contribution in [0.3, 0.4) is 0 Å². The lowest BCUT2D eigenvalue weighted by molar-refractivity contribution is -0.134. The molecule has 2 aromatic carbocycles. The molecule has 0 radical (unpaired) electrons. The van der Waals surface area contributed by atoms with Crippen LogP contribution in [0.4, 0.5) is 0 Å². The summed E-state index contributed by atoms with van der Waals surface area (Å²) in [7, 11) is 0. The molecule has 0 saturated carbocycles. The van der Waals surface area contributed by atoms with Gasteiger partial charge in [-0.05, 0) is 55.5 Å². The van der Waals surface area contributed by atoms with E-state index < -0.39 is 6.04 Å². The van der Waals surface area contributed by atoms with E-state index in [0.717, 1.165) is 16.7 Å². The summed E-state index contributed by atoms with van der Waals surface area (Å²) in [5, 5.41) is 6.95. The number of carbonyl (C=O) groups is 3. The van der Waals surface area contributed by atoms with Crippen LogP contribution in [-0.2, 0) is 4.79 Å². The lowest BCUT2D eigenvalue weighted by Crippen LogP contribution is -2.53. The fourth-order valence-electron chi connectivity index (χ4n) is 4.24. The third-order valence-electron chi connectivity index (χ3n) is 6.22. The van der Waals surface area contributed by atoms with Crippen molar-refractivity contribution in [1.29, 1.82) is 0 Å². The number of nitrogens with zero attached hydrogens (tertiary/aromatic N) is 2. The van der Waals surface area contributed by atoms with Crippen LogP contribution in [0.1, 0.15) is 40.1 Å². The van der Waals surface area contributed by atoms with Gasteiger partial charge < -0.3 is 15.5 Å². The van der Waals surface area contributed by atoms with Crippen molar-refractivity contribution in [1.82, 2.24) is 20.5 Å². The van der Waals surface area contributed by atoms with Crippen molar-refractivity contribution in [2.75, 3.05) is 25.1 Å². The molecule has 4 rings (SSSR count). The second kappa shape index (κ2) is 11.8. The molecule has 3 amide bonds. The molecule has 0 bridgehead atoms. The van der Waals surface area contributed by atoms with Crippen LogP contribution in [-0.4, -0.2) is 64.8 Å². The van der Waals surface area contributed by atoms with Crippen LogP contribution in [0.15, 0.2) is 66.7 Å². The zero-order valence-corrected chi connectivity index (χ0v) is 20.6. The smallest absolute Gasteiger partial charge is 0.270 e. The van der Waals surface area contributed by atoms with Gasteiger partial charge in [0, 0.05) is 30.1 Å². The van der Waals surface area contributed by atoms with Crippen molar-refractivity contribution >= 4 is 40.4 Å². The standard InChI is InChI=1S/C27H30N4O3S/c1-35-18-15-24(30-26(33)23-12-11-19-7-5-6-10-22(19)29-23)27(34)31-16-13-21(14-17-31)28-25(32)20-8-3-2-4-9-20/h2-12,21,24H,13-18H2,1H3,(H,28,32)(H,30,33). The Hall–Kier alpha value is -3.39. The van der Waals surface area contributed by atoms with E-state index >= 15 is 0 Å². The number of para-hydroxylation sites is 1. The molecular formula is C27H30N4O3S. The molecule has 35 heavy (non-hydrogen) atoms. The molecule has 0 spiro atoms. The van der Waals surface area contributed by atoms with Crippen LogP contribution < -0.4 is 10.6 Å². The minimum absolute atomic E-state index is 0.0211. The average Bonchev–Trinajstić information content (AvgIpc) is 2.91. The van der Waals surface area contributed by atoms with Gasteiger partial charge in [-0.25, -0.2) is 4.98 Å². The van der Waals surface area contributed by atoms with Gasteiger partial charge in [-0.2, -0.15) is 11.8 Å². The summed E-state index contributed by atoms with van der Waals surface area (Å²) in [5.41, 5.74) is 1.67. The molecule has 1 aliphatic heterocycles. The van der Waals surface area contributed by atoms with Crippen molar-refractivity contribution in [2.24, 2.45) is 0 Å². The highest BCUT2D eigenvalue weighted by molar-refractivity contribution is 7.98. The van der Waals surface area contributed by atoms with E-state index in [4.69, 9.17) is 0 Å². The molecule has 1 atom stereocenters. The van der Waals surface area contributed by atoms with Crippen LogP contribution in [0.5, 0.6) is 0 Å². The van der Waals surface area contributed by atoms with E-state index in [0.29, 0.717) is 43.6 Å². The summed E-state index contributed by atoms with van der Waals surface area (Å²) in [6.07, 6.45) is 3.89. The highest BCUT2D eigenvalue weighted by atomic mass is 32.2. The number of rotatable bonds is 8. The Morgan fingerprint density at radius 1 is 0.971 bits per heavy atom. The number of nitrogens with one attached hydrogen (secondary N) is 2. The number of fused-ring (bicyclic) bond motifs is 1. The highest BCUT2D eigenvalue weighted by Gasteiger charge is 2.30. The van der Waals surface area contributed by atoms with Gasteiger partial charge in [-0.15, -0.1) is 0 Å². The topological polar surface area (TPSA) is 91.4 Å². The summed E-state index contributed by atoms with van der Waals surface area (Å²) in [4.78, 5) is 45.0. The van der Waals surface area contributed by atoms with Gasteiger partial charge in [0.25, 0.3) is 11.8 Å². The molecule has 3 aromatic rings. The van der Waals surface area contributed by atoms with Crippen LogP contribution in [0.25, 0.3) is 10.9 Å². The highest BCUT2D eigenvalue weighted by Crippen LogP contribution is 2.16. The maximum atomic E-state index is 13.3. The summed E-state index contributed by atoms with van der Waals surface area (Å²) in [6, 6.07) is 19.7. The molecule has 1 aromatic heterocycles. The van der Waals surface area contributed by atoms with Crippen molar-refractivity contribution in [3.05, 3.63) is 78.0 Å². The molecule has 7 nitrogen and oxygen atoms in total. The Balaban J connectivity index is 1.36. The number of benzene rings is 2. The van der Waals surface area contributed by atoms with Gasteiger partial charge in [0.2, 0.25) is 5.91 Å². The molecule has 0 aliphatic carbocycles. The largest absolute Gasteiger partial charge is 0.349 e. The Bertz CT molecular complexity index is 1180. The minimum atomic E-state index is -0.612. The Morgan fingerprint density at radius 2 is 1.69 bits per heavy atom. The molecule has 1 fully saturated rings. The lowest BCUT2D eigenvalue weighted by Gasteiger charge is -2.34. The van der Waals surface area contributed by atoms with Crippen molar-refractivity contribution in [3.63, 3.8) is 0 Å². The number of carbonyl (C=O) groups excluding carboxylic acids is 3. The number of hydrogen-bond acceptors (Lipinski definition) is 5. The first kappa shape index (κ1) is 24.7. The Morgan fingerprint density at radius 3 is 2.43 bits per heavy atom. The molecular weight excluding hydrogens is 460 g/mol. The normalized spacial score (nSPS) is 14.9. The number of thioether (sulfide) groups is 1. The first-order valence-corrected chi connectivity index (χ1v) is 13.2. The molecule has 1 saturated heterocycles. The number of piperidine rings is 1. The van der Waals surface area contributed by atoms with Gasteiger partial charge in [-0.1, -0.05) is 42.5 Å². The summed E-state index contributed by atoms with van der Waals surface area (Å²) >= 11 is 1.64. The van der Waals surface area contributed by atoms with Crippen LogP contribution in [0, 0.1) is 0 Å². The number of hydrogen-bond donors (Lipinski definition) is 2. The number of pyridine rings is 1. The molecule has 182 valence electrons. The zero-order valence-electron chi connectivity index (χ0n) is 19.8. The summed E-state index contributed by atoms with van der Waals surface area (Å²) < 4.78 is 0. The van der Waals surface area contributed by atoms with E-state index in [1.54, 1.807) is 34.9 Å². The molecule has 8 heteroatoms. The van der Waals surface area contributed by atoms with Crippen LogP contribution in [0.2, 0.25) is 0 Å². The zero-order chi connectivity index (χ0) is 24.6. The van der Waals surface area contributed by atoms with Gasteiger partial charge in [0.1, 0.15) is 11.7 Å². The van der Waals surface area contributed by atoms with Crippen molar-refractivity contribution < 1.29 is 14.4 Å². The van der Waals surface area contributed by atoms with Crippen LogP contribution >= 0.6 is 11.8 Å². The number of aromatic nitrogens is 1. The lowest BCUT2D eigenvalue weighted by atomic mass is 10.0. The van der Waals surface area contributed by atoms with Gasteiger partial charge in [-0.3, -0.25) is 14.4 Å². The third-order valence-corrected chi connectivity index (χ3v) is 6.87. The summed E-state index contributed by atoms with van der Waals surface area (Å²) in [6.45, 7) is 1.08. The Kier molecular flexibility index (Phi) is 8.36. The first-order chi connectivity index (χ1) is 17.0. The second-order valence-corrected chi connectivity index (χ2v) is 9.62. The monoisotopic (exact) mass is 490 g/mol. The fraction of sp³-hybridized carbons (Fsp3) is 0.333. The third kappa shape index (κ3) is 6.39. The fourth-order valence-corrected chi connectivity index (χ4v) is 4.71. The predicted molar refractivity (Wildman–Crippen MR) is 140 cm³/mol. The van der Waals surface area contributed by atoms with Crippen molar-refractivity contribution in [2.45, 2.75) is 31.3 Å². The molecule has 1 aliphatic rings. The maximum absolute atomic E-state index is 13.3.